The van der Waals surface area contributed by atoms with Gasteiger partial charge in [-0.3, -0.25) is 4.79 Å². The lowest BCUT2D eigenvalue weighted by molar-refractivity contribution is -0.110. The van der Waals surface area contributed by atoms with Crippen LogP contribution in [0.2, 0.25) is 0 Å². The smallest absolute Gasteiger partial charge is 0.186 e. The highest BCUT2D eigenvalue weighted by molar-refractivity contribution is 6.24. The number of aryl methyl sites for hydroxylation is 1. The van der Waals surface area contributed by atoms with Gasteiger partial charge in [-0.15, -0.1) is 0 Å². The number of rotatable bonds is 0. The van der Waals surface area contributed by atoms with Crippen molar-refractivity contribution in [2.75, 3.05) is 0 Å². The highest BCUT2D eigenvalue weighted by Gasteiger charge is 2.27. The molecule has 0 amide bonds. The number of allylic oxidation sites excluding steroid dienone is 5. The van der Waals surface area contributed by atoms with Crippen LogP contribution in [-0.2, 0) is 4.79 Å². The summed E-state index contributed by atoms with van der Waals surface area (Å²) in [5, 5.41) is 0. The van der Waals surface area contributed by atoms with Gasteiger partial charge in [-0.2, -0.15) is 0 Å². The Morgan fingerprint density at radius 3 is 2.69 bits per heavy atom. The zero-order valence-electron chi connectivity index (χ0n) is 9.37. The lowest BCUT2D eigenvalue weighted by Gasteiger charge is -2.13. The average molecular weight is 208 g/mol. The molecule has 78 valence electrons. The summed E-state index contributed by atoms with van der Waals surface area (Å²) < 4.78 is 0. The first-order valence-electron chi connectivity index (χ1n) is 5.44. The Labute approximate surface area is 94.8 Å². The molecule has 1 nitrogen and oxygen atoms in total. The van der Waals surface area contributed by atoms with E-state index in [2.05, 4.69) is 26.0 Å². The molecule has 0 radical (unpaired) electrons. The Kier molecular flexibility index (Phi) is 1.78. The van der Waals surface area contributed by atoms with Crippen LogP contribution in [0.25, 0.3) is 11.6 Å². The molecule has 1 aromatic carbocycles. The summed E-state index contributed by atoms with van der Waals surface area (Å²) >= 11 is 0. The molecule has 3 rings (SSSR count). The van der Waals surface area contributed by atoms with E-state index in [1.165, 1.54) is 22.3 Å². The van der Waals surface area contributed by atoms with Crippen molar-refractivity contribution in [2.45, 2.75) is 13.8 Å². The summed E-state index contributed by atoms with van der Waals surface area (Å²) in [6.07, 6.45) is 5.58. The third-order valence-electron chi connectivity index (χ3n) is 3.27. The summed E-state index contributed by atoms with van der Waals surface area (Å²) in [4.78, 5) is 11.8. The second-order valence-corrected chi connectivity index (χ2v) is 4.35. The van der Waals surface area contributed by atoms with E-state index in [1.54, 1.807) is 6.08 Å². The Bertz CT molecular complexity index is 598. The molecule has 0 N–H and O–H groups in total. The zero-order valence-corrected chi connectivity index (χ0v) is 9.37. The van der Waals surface area contributed by atoms with Crippen LogP contribution in [0, 0.1) is 6.92 Å². The first-order valence-corrected chi connectivity index (χ1v) is 5.44. The fourth-order valence-electron chi connectivity index (χ4n) is 2.49. The third-order valence-corrected chi connectivity index (χ3v) is 3.27. The highest BCUT2D eigenvalue weighted by Crippen LogP contribution is 2.41. The lowest BCUT2D eigenvalue weighted by Crippen LogP contribution is -2.04. The maximum Gasteiger partial charge on any atom is 0.186 e. The van der Waals surface area contributed by atoms with Crippen LogP contribution in [0.1, 0.15) is 23.6 Å². The summed E-state index contributed by atoms with van der Waals surface area (Å²) in [6.45, 7) is 4.16. The van der Waals surface area contributed by atoms with E-state index >= 15 is 0 Å². The Morgan fingerprint density at radius 1 is 1.06 bits per heavy atom. The number of benzene rings is 1. The Balaban J connectivity index is 2.37. The molecule has 2 aliphatic carbocycles. The van der Waals surface area contributed by atoms with E-state index in [-0.39, 0.29) is 5.78 Å². The number of carbonyl (C=O) groups is 1. The minimum atomic E-state index is 0.121. The van der Waals surface area contributed by atoms with Gasteiger partial charge in [0.15, 0.2) is 5.78 Å². The molecule has 16 heavy (non-hydrogen) atoms. The molecule has 0 unspecified atom stereocenters. The fraction of sp³-hybridized carbons (Fsp3) is 0.133. The second-order valence-electron chi connectivity index (χ2n) is 4.35. The molecule has 1 aromatic rings. The zero-order chi connectivity index (χ0) is 11.3. The summed E-state index contributed by atoms with van der Waals surface area (Å²) in [6, 6.07) is 6.20. The van der Waals surface area contributed by atoms with Crippen molar-refractivity contribution in [1.82, 2.24) is 0 Å². The van der Waals surface area contributed by atoms with Gasteiger partial charge < -0.3 is 0 Å². The second kappa shape index (κ2) is 3.05. The maximum atomic E-state index is 11.8. The minimum absolute atomic E-state index is 0.121. The minimum Gasteiger partial charge on any atom is -0.289 e. The fourth-order valence-corrected chi connectivity index (χ4v) is 2.49. The normalized spacial score (nSPS) is 17.4. The van der Waals surface area contributed by atoms with Crippen LogP contribution in [0.15, 0.2) is 41.5 Å². The first-order chi connectivity index (χ1) is 7.68. The largest absolute Gasteiger partial charge is 0.289 e. The average Bonchev–Trinajstić information content (AvgIpc) is 2.65. The standard InChI is InChI=1S/C15H12O/c1-9-4-3-5-11-8-12-13(16)7-6-10(2)15(12)14(9)11/h3-8H,1-2H3. The molecular formula is C15H12O. The van der Waals surface area contributed by atoms with Crippen LogP contribution < -0.4 is 0 Å². The van der Waals surface area contributed by atoms with Crippen molar-refractivity contribution in [3.63, 3.8) is 0 Å². The van der Waals surface area contributed by atoms with Crippen molar-refractivity contribution in [2.24, 2.45) is 0 Å². The van der Waals surface area contributed by atoms with Gasteiger partial charge >= 0.3 is 0 Å². The van der Waals surface area contributed by atoms with Gasteiger partial charge in [0.05, 0.1) is 0 Å². The maximum absolute atomic E-state index is 11.8. The van der Waals surface area contributed by atoms with Crippen molar-refractivity contribution >= 4 is 17.4 Å². The van der Waals surface area contributed by atoms with Crippen molar-refractivity contribution in [3.8, 4) is 0 Å². The lowest BCUT2D eigenvalue weighted by atomic mass is 9.89. The first kappa shape index (κ1) is 9.34. The summed E-state index contributed by atoms with van der Waals surface area (Å²) in [5.41, 5.74) is 6.79. The SMILES string of the molecule is CC1=C2C(=Cc3cccc(C)c32)C(=O)C=C1. The van der Waals surface area contributed by atoms with E-state index in [4.69, 9.17) is 0 Å². The van der Waals surface area contributed by atoms with Gasteiger partial charge in [0.2, 0.25) is 0 Å². The van der Waals surface area contributed by atoms with E-state index in [1.807, 2.05) is 18.2 Å². The van der Waals surface area contributed by atoms with Gasteiger partial charge in [0.25, 0.3) is 0 Å². The molecule has 0 saturated carbocycles. The highest BCUT2D eigenvalue weighted by atomic mass is 16.1. The van der Waals surface area contributed by atoms with E-state index in [0.717, 1.165) is 11.1 Å². The molecule has 0 fully saturated rings. The molecule has 0 atom stereocenters. The number of carbonyl (C=O) groups excluding carboxylic acids is 1. The molecule has 0 saturated heterocycles. The molecule has 0 aromatic heterocycles. The van der Waals surface area contributed by atoms with Gasteiger partial charge in [-0.25, -0.2) is 0 Å². The number of fused-ring (bicyclic) bond motifs is 3. The molecule has 0 aliphatic heterocycles. The Hall–Kier alpha value is -1.89. The molecule has 0 spiro atoms. The van der Waals surface area contributed by atoms with E-state index in [9.17, 15) is 4.79 Å². The van der Waals surface area contributed by atoms with Crippen LogP contribution in [-0.4, -0.2) is 5.78 Å². The van der Waals surface area contributed by atoms with Gasteiger partial charge in [-0.05, 0) is 53.8 Å². The van der Waals surface area contributed by atoms with Gasteiger partial charge in [0, 0.05) is 5.57 Å². The van der Waals surface area contributed by atoms with Crippen molar-refractivity contribution in [1.29, 1.82) is 0 Å². The molecular weight excluding hydrogens is 196 g/mol. The van der Waals surface area contributed by atoms with Crippen LogP contribution in [0.3, 0.4) is 0 Å². The predicted octanol–water partition coefficient (Wildman–Crippen LogP) is 3.30. The van der Waals surface area contributed by atoms with E-state index < -0.39 is 0 Å². The van der Waals surface area contributed by atoms with E-state index in [0.29, 0.717) is 0 Å². The number of hydrogen-bond acceptors (Lipinski definition) is 1. The van der Waals surface area contributed by atoms with Gasteiger partial charge in [-0.1, -0.05) is 24.3 Å². The molecule has 0 bridgehead atoms. The van der Waals surface area contributed by atoms with Crippen LogP contribution in [0.4, 0.5) is 0 Å². The van der Waals surface area contributed by atoms with Crippen LogP contribution in [0.5, 0.6) is 0 Å². The van der Waals surface area contributed by atoms with Crippen LogP contribution >= 0.6 is 0 Å². The number of ketones is 1. The van der Waals surface area contributed by atoms with Gasteiger partial charge in [0.1, 0.15) is 0 Å². The molecule has 2 aliphatic rings. The van der Waals surface area contributed by atoms with Crippen molar-refractivity contribution < 1.29 is 4.79 Å². The topological polar surface area (TPSA) is 17.1 Å². The monoisotopic (exact) mass is 208 g/mol. The third kappa shape index (κ3) is 1.09. The summed E-state index contributed by atoms with van der Waals surface area (Å²) in [5.74, 6) is 0.121. The molecule has 1 heteroatoms. The number of hydrogen-bond donors (Lipinski definition) is 0. The quantitative estimate of drug-likeness (QED) is 0.639. The Morgan fingerprint density at radius 2 is 1.88 bits per heavy atom. The van der Waals surface area contributed by atoms with Crippen molar-refractivity contribution in [3.05, 3.63) is 58.2 Å². The predicted molar refractivity (Wildman–Crippen MR) is 65.9 cm³/mol. The summed E-state index contributed by atoms with van der Waals surface area (Å²) in [7, 11) is 0. The molecule has 0 heterocycles.